The highest BCUT2D eigenvalue weighted by molar-refractivity contribution is 5.60. The number of nitrogens with one attached hydrogen (secondary N) is 2. The molecular weight excluding hydrogens is 323 g/mol. The number of hydrogen-bond acceptors (Lipinski definition) is 4. The molecule has 0 spiro atoms. The molecule has 1 aromatic heterocycles. The van der Waals surface area contributed by atoms with Crippen molar-refractivity contribution in [2.24, 2.45) is 0 Å². The lowest BCUT2D eigenvalue weighted by atomic mass is 10.1. The number of hydrogen-bond donors (Lipinski definition) is 2. The molecule has 0 aliphatic carbocycles. The first-order valence-electron chi connectivity index (χ1n) is 6.98. The summed E-state index contributed by atoms with van der Waals surface area (Å²) in [5.74, 6) is -0.480. The summed E-state index contributed by atoms with van der Waals surface area (Å²) in [5, 5.41) is 9.01. The third-order valence-electron chi connectivity index (χ3n) is 3.33. The summed E-state index contributed by atoms with van der Waals surface area (Å²) < 4.78 is 42.4. The fourth-order valence-electron chi connectivity index (χ4n) is 2.13. The van der Waals surface area contributed by atoms with Crippen LogP contribution in [0.2, 0.25) is 0 Å². The van der Waals surface area contributed by atoms with Gasteiger partial charge >= 0.3 is 11.9 Å². The van der Waals surface area contributed by atoms with Gasteiger partial charge < -0.3 is 9.73 Å². The van der Waals surface area contributed by atoms with Crippen molar-refractivity contribution in [3.63, 3.8) is 0 Å². The van der Waals surface area contributed by atoms with Gasteiger partial charge in [-0.1, -0.05) is 18.2 Å². The van der Waals surface area contributed by atoms with Crippen LogP contribution >= 0.6 is 0 Å². The maximum Gasteiger partial charge on any atom is 0.434 e. The molecule has 0 aliphatic heterocycles. The van der Waals surface area contributed by atoms with Crippen LogP contribution in [0, 0.1) is 0 Å². The van der Waals surface area contributed by atoms with Gasteiger partial charge in [-0.05, 0) is 35.9 Å². The number of halogens is 3. The van der Waals surface area contributed by atoms with E-state index in [-0.39, 0.29) is 5.89 Å². The molecule has 5 nitrogen and oxygen atoms in total. The Labute approximate surface area is 134 Å². The summed E-state index contributed by atoms with van der Waals surface area (Å²) in [6.07, 6.45) is -4.34. The van der Waals surface area contributed by atoms with Crippen molar-refractivity contribution >= 4 is 5.69 Å². The standard InChI is InChI=1S/C16H12F3N3O2/c17-16(18,19)12-6-4-10(5-7-12)9-20-13-3-1-2-11(8-13)14-21-22-15(23)24-14/h1-8,20H,9H2,(H,22,23). The quantitative estimate of drug-likeness (QED) is 0.763. The SMILES string of the molecule is O=c1[nH]nc(-c2cccc(NCc3ccc(C(F)(F)F)cc3)c2)o1. The van der Waals surface area contributed by atoms with Crippen LogP contribution in [0.5, 0.6) is 0 Å². The number of benzene rings is 2. The van der Waals surface area contributed by atoms with Crippen LogP contribution in [0.25, 0.3) is 11.5 Å². The number of nitrogens with zero attached hydrogens (tertiary/aromatic N) is 1. The van der Waals surface area contributed by atoms with Crippen molar-refractivity contribution in [1.29, 1.82) is 0 Å². The average molecular weight is 335 g/mol. The van der Waals surface area contributed by atoms with Gasteiger partial charge in [0.15, 0.2) is 0 Å². The summed E-state index contributed by atoms with van der Waals surface area (Å²) in [6.45, 7) is 0.353. The topological polar surface area (TPSA) is 70.9 Å². The second-order valence-corrected chi connectivity index (χ2v) is 5.05. The van der Waals surface area contributed by atoms with Crippen LogP contribution in [0.3, 0.4) is 0 Å². The molecule has 1 heterocycles. The molecule has 3 aromatic rings. The molecule has 0 aliphatic rings. The van der Waals surface area contributed by atoms with Crippen LogP contribution in [0.1, 0.15) is 11.1 Å². The Morgan fingerprint density at radius 2 is 1.88 bits per heavy atom. The first-order chi connectivity index (χ1) is 11.4. The molecule has 0 fully saturated rings. The molecule has 0 saturated carbocycles. The number of anilines is 1. The Morgan fingerprint density at radius 3 is 2.50 bits per heavy atom. The minimum absolute atomic E-state index is 0.165. The maximum atomic E-state index is 12.5. The van der Waals surface area contributed by atoms with E-state index in [0.717, 1.165) is 17.8 Å². The summed E-state index contributed by atoms with van der Waals surface area (Å²) in [6, 6.07) is 11.9. The molecule has 0 amide bonds. The Morgan fingerprint density at radius 1 is 1.12 bits per heavy atom. The second-order valence-electron chi connectivity index (χ2n) is 5.05. The second kappa shape index (κ2) is 6.23. The molecule has 3 rings (SSSR count). The van der Waals surface area contributed by atoms with Gasteiger partial charge in [-0.15, -0.1) is 5.10 Å². The van der Waals surface area contributed by atoms with Gasteiger partial charge in [0, 0.05) is 17.8 Å². The zero-order valence-electron chi connectivity index (χ0n) is 12.2. The predicted octanol–water partition coefficient (Wildman–Crippen LogP) is 3.66. The van der Waals surface area contributed by atoms with Gasteiger partial charge in [-0.25, -0.2) is 9.89 Å². The highest BCUT2D eigenvalue weighted by Crippen LogP contribution is 2.29. The van der Waals surface area contributed by atoms with Crippen molar-refractivity contribution in [2.45, 2.75) is 12.7 Å². The Balaban J connectivity index is 1.70. The molecule has 0 atom stereocenters. The Kier molecular flexibility index (Phi) is 4.11. The lowest BCUT2D eigenvalue weighted by Crippen LogP contribution is -2.05. The zero-order chi connectivity index (χ0) is 17.2. The van der Waals surface area contributed by atoms with Crippen molar-refractivity contribution in [3.8, 4) is 11.5 Å². The van der Waals surface area contributed by atoms with E-state index in [4.69, 9.17) is 4.42 Å². The number of aromatic nitrogens is 2. The third-order valence-corrected chi connectivity index (χ3v) is 3.33. The summed E-state index contributed by atoms with van der Waals surface area (Å²) in [5.41, 5.74) is 1.35. The van der Waals surface area contributed by atoms with Gasteiger partial charge in [0.25, 0.3) is 0 Å². The van der Waals surface area contributed by atoms with E-state index in [1.54, 1.807) is 24.3 Å². The minimum Gasteiger partial charge on any atom is -0.388 e. The summed E-state index contributed by atoms with van der Waals surface area (Å²) in [4.78, 5) is 11.0. The zero-order valence-corrected chi connectivity index (χ0v) is 12.2. The molecule has 0 saturated heterocycles. The molecule has 2 N–H and O–H groups in total. The summed E-state index contributed by atoms with van der Waals surface area (Å²) in [7, 11) is 0. The molecule has 8 heteroatoms. The fraction of sp³-hybridized carbons (Fsp3) is 0.125. The van der Waals surface area contributed by atoms with Crippen molar-refractivity contribution in [3.05, 3.63) is 70.2 Å². The van der Waals surface area contributed by atoms with E-state index in [1.807, 2.05) is 0 Å². The fourth-order valence-corrected chi connectivity index (χ4v) is 2.13. The monoisotopic (exact) mass is 335 g/mol. The highest BCUT2D eigenvalue weighted by atomic mass is 19.4. The summed E-state index contributed by atoms with van der Waals surface area (Å²) >= 11 is 0. The number of aromatic amines is 1. The molecule has 124 valence electrons. The van der Waals surface area contributed by atoms with Crippen molar-refractivity contribution in [2.75, 3.05) is 5.32 Å². The molecular formula is C16H12F3N3O2. The van der Waals surface area contributed by atoms with E-state index >= 15 is 0 Å². The smallest absolute Gasteiger partial charge is 0.388 e. The maximum absolute atomic E-state index is 12.5. The van der Waals surface area contributed by atoms with E-state index in [2.05, 4.69) is 15.5 Å². The molecule has 2 aromatic carbocycles. The first kappa shape index (κ1) is 15.9. The lowest BCUT2D eigenvalue weighted by molar-refractivity contribution is -0.137. The van der Waals surface area contributed by atoms with Crippen LogP contribution in [0.4, 0.5) is 18.9 Å². The molecule has 24 heavy (non-hydrogen) atoms. The predicted molar refractivity (Wildman–Crippen MR) is 81.3 cm³/mol. The molecule has 0 unspecified atom stereocenters. The number of H-pyrrole nitrogens is 1. The Hall–Kier alpha value is -3.03. The van der Waals surface area contributed by atoms with E-state index < -0.39 is 17.5 Å². The van der Waals surface area contributed by atoms with Crippen LogP contribution in [0.15, 0.2) is 57.7 Å². The normalized spacial score (nSPS) is 11.5. The highest BCUT2D eigenvalue weighted by Gasteiger charge is 2.29. The largest absolute Gasteiger partial charge is 0.434 e. The molecule has 0 radical (unpaired) electrons. The van der Waals surface area contributed by atoms with Crippen molar-refractivity contribution in [1.82, 2.24) is 10.2 Å². The minimum atomic E-state index is -4.34. The van der Waals surface area contributed by atoms with Crippen molar-refractivity contribution < 1.29 is 17.6 Å². The van der Waals surface area contributed by atoms with Gasteiger partial charge in [0.05, 0.1) is 5.56 Å². The van der Waals surface area contributed by atoms with Gasteiger partial charge in [0.1, 0.15) is 0 Å². The number of rotatable bonds is 4. The van der Waals surface area contributed by atoms with Gasteiger partial charge in [-0.3, -0.25) is 0 Å². The molecule has 0 bridgehead atoms. The van der Waals surface area contributed by atoms with Crippen LogP contribution in [-0.4, -0.2) is 10.2 Å². The number of alkyl halides is 3. The van der Waals surface area contributed by atoms with Crippen LogP contribution < -0.4 is 11.1 Å². The van der Waals surface area contributed by atoms with Crippen LogP contribution in [-0.2, 0) is 12.7 Å². The van der Waals surface area contributed by atoms with E-state index in [1.165, 1.54) is 12.1 Å². The van der Waals surface area contributed by atoms with Gasteiger partial charge in [-0.2, -0.15) is 13.2 Å². The third kappa shape index (κ3) is 3.65. The van der Waals surface area contributed by atoms with E-state index in [9.17, 15) is 18.0 Å². The Bertz CT molecular complexity index is 882. The lowest BCUT2D eigenvalue weighted by Gasteiger charge is -2.09. The van der Waals surface area contributed by atoms with E-state index in [0.29, 0.717) is 17.7 Å². The van der Waals surface area contributed by atoms with Gasteiger partial charge in [0.2, 0.25) is 5.89 Å². The average Bonchev–Trinajstić information content (AvgIpc) is 2.99. The first-order valence-corrected chi connectivity index (χ1v) is 6.98.